The van der Waals surface area contributed by atoms with Crippen LogP contribution in [-0.2, 0) is 19.1 Å². The summed E-state index contributed by atoms with van der Waals surface area (Å²) >= 11 is 0. The van der Waals surface area contributed by atoms with Crippen molar-refractivity contribution in [3.8, 4) is 0 Å². The largest absolute Gasteiger partial charge is 0.468 e. The molecule has 1 aliphatic carbocycles. The Labute approximate surface area is 107 Å². The van der Waals surface area contributed by atoms with E-state index in [1.807, 2.05) is 0 Å². The molecule has 100 valence electrons. The average Bonchev–Trinajstić information content (AvgIpc) is 2.90. The van der Waals surface area contributed by atoms with E-state index in [4.69, 9.17) is 9.47 Å². The Bertz CT molecular complexity index is 374. The van der Waals surface area contributed by atoms with Gasteiger partial charge >= 0.3 is 11.9 Å². The number of hydrogen-bond donors (Lipinski definition) is 0. The number of ether oxygens (including phenoxy) is 2. The minimum atomic E-state index is -0.982. The molecule has 1 saturated carbocycles. The summed E-state index contributed by atoms with van der Waals surface area (Å²) in [6.07, 6.45) is 8.39. The van der Waals surface area contributed by atoms with E-state index >= 15 is 0 Å². The minimum Gasteiger partial charge on any atom is -0.468 e. The molecule has 1 aliphatic heterocycles. The fourth-order valence-electron chi connectivity index (χ4n) is 2.96. The van der Waals surface area contributed by atoms with Gasteiger partial charge in [0.25, 0.3) is 0 Å². The number of carbonyl (C=O) groups excluding carboxylic acids is 2. The van der Waals surface area contributed by atoms with Crippen LogP contribution in [0.3, 0.4) is 0 Å². The van der Waals surface area contributed by atoms with E-state index in [-0.39, 0.29) is 11.8 Å². The van der Waals surface area contributed by atoms with Gasteiger partial charge in [-0.25, -0.2) is 0 Å². The molecule has 0 aromatic carbocycles. The van der Waals surface area contributed by atoms with Gasteiger partial charge < -0.3 is 9.47 Å². The molecule has 0 aromatic rings. The summed E-state index contributed by atoms with van der Waals surface area (Å²) in [4.78, 5) is 23.5. The number of unbranched alkanes of at least 4 members (excludes halogenated alkanes) is 2. The summed E-state index contributed by atoms with van der Waals surface area (Å²) in [7, 11) is 1.33. The van der Waals surface area contributed by atoms with Crippen molar-refractivity contribution in [2.75, 3.05) is 13.7 Å². The van der Waals surface area contributed by atoms with Gasteiger partial charge in [0.2, 0.25) is 0 Å². The number of allylic oxidation sites excluding steroid dienone is 2. The quantitative estimate of drug-likeness (QED) is 0.314. The second kappa shape index (κ2) is 5.12. The van der Waals surface area contributed by atoms with Crippen LogP contribution in [0, 0.1) is 17.3 Å². The summed E-state index contributed by atoms with van der Waals surface area (Å²) in [6, 6.07) is 0. The van der Waals surface area contributed by atoms with Crippen molar-refractivity contribution < 1.29 is 19.1 Å². The number of fused-ring (bicyclic) bond motifs is 1. The SMILES string of the molecule is CCCC/C=C/CC1C2COC(=O)C12C(=O)OC. The van der Waals surface area contributed by atoms with Crippen molar-refractivity contribution in [2.24, 2.45) is 17.3 Å². The second-order valence-corrected chi connectivity index (χ2v) is 5.02. The predicted octanol–water partition coefficient (Wildman–Crippen LogP) is 2.09. The van der Waals surface area contributed by atoms with Gasteiger partial charge in [-0.1, -0.05) is 31.9 Å². The van der Waals surface area contributed by atoms with Crippen molar-refractivity contribution in [2.45, 2.75) is 32.6 Å². The van der Waals surface area contributed by atoms with Gasteiger partial charge in [0.15, 0.2) is 5.41 Å². The molecule has 1 heterocycles. The monoisotopic (exact) mass is 252 g/mol. The molecule has 18 heavy (non-hydrogen) atoms. The van der Waals surface area contributed by atoms with Gasteiger partial charge in [0.1, 0.15) is 0 Å². The van der Waals surface area contributed by atoms with Crippen molar-refractivity contribution in [1.82, 2.24) is 0 Å². The zero-order valence-electron chi connectivity index (χ0n) is 11.0. The standard InChI is InChI=1S/C14H20O4/c1-3-4-5-6-7-8-10-11-9-18-13(16)14(10,11)12(15)17-2/h6-7,10-11H,3-5,8-9H2,1-2H3/b7-6+. The highest BCUT2D eigenvalue weighted by Gasteiger charge is 2.79. The molecule has 0 spiro atoms. The normalized spacial score (nSPS) is 33.3. The Morgan fingerprint density at radius 3 is 3.00 bits per heavy atom. The summed E-state index contributed by atoms with van der Waals surface area (Å²) in [6.45, 7) is 2.52. The van der Waals surface area contributed by atoms with Crippen molar-refractivity contribution >= 4 is 11.9 Å². The smallest absolute Gasteiger partial charge is 0.324 e. The van der Waals surface area contributed by atoms with Crippen LogP contribution in [-0.4, -0.2) is 25.7 Å². The van der Waals surface area contributed by atoms with E-state index in [0.29, 0.717) is 6.61 Å². The van der Waals surface area contributed by atoms with E-state index in [0.717, 1.165) is 12.8 Å². The zero-order chi connectivity index (χ0) is 13.2. The van der Waals surface area contributed by atoms with Crippen molar-refractivity contribution in [1.29, 1.82) is 0 Å². The average molecular weight is 252 g/mol. The Kier molecular flexibility index (Phi) is 3.73. The summed E-state index contributed by atoms with van der Waals surface area (Å²) in [5.74, 6) is -0.731. The highest BCUT2D eigenvalue weighted by atomic mass is 16.6. The molecule has 3 unspecified atom stereocenters. The Morgan fingerprint density at radius 2 is 2.33 bits per heavy atom. The molecule has 4 heteroatoms. The molecular formula is C14H20O4. The van der Waals surface area contributed by atoms with Crippen LogP contribution in [0.2, 0.25) is 0 Å². The fourth-order valence-corrected chi connectivity index (χ4v) is 2.96. The number of esters is 2. The molecule has 0 amide bonds. The van der Waals surface area contributed by atoms with Crippen molar-refractivity contribution in [3.63, 3.8) is 0 Å². The Balaban J connectivity index is 1.94. The number of rotatable bonds is 6. The van der Waals surface area contributed by atoms with Gasteiger partial charge in [-0.2, -0.15) is 0 Å². The highest BCUT2D eigenvalue weighted by Crippen LogP contribution is 2.65. The maximum atomic E-state index is 11.8. The third-order valence-electron chi connectivity index (χ3n) is 4.08. The first-order valence-electron chi connectivity index (χ1n) is 6.60. The van der Waals surface area contributed by atoms with Gasteiger partial charge in [-0.3, -0.25) is 9.59 Å². The Morgan fingerprint density at radius 1 is 1.56 bits per heavy atom. The fraction of sp³-hybridized carbons (Fsp3) is 0.714. The van der Waals surface area contributed by atoms with Gasteiger partial charge in [-0.05, 0) is 18.8 Å². The lowest BCUT2D eigenvalue weighted by Gasteiger charge is -2.09. The van der Waals surface area contributed by atoms with Gasteiger partial charge in [-0.15, -0.1) is 0 Å². The molecule has 2 fully saturated rings. The molecule has 0 aromatic heterocycles. The lowest BCUT2D eigenvalue weighted by molar-refractivity contribution is -0.159. The van der Waals surface area contributed by atoms with Crippen LogP contribution in [0.5, 0.6) is 0 Å². The third-order valence-corrected chi connectivity index (χ3v) is 4.08. The molecular weight excluding hydrogens is 232 g/mol. The lowest BCUT2D eigenvalue weighted by Crippen LogP contribution is -2.28. The number of methoxy groups -OCH3 is 1. The first-order chi connectivity index (χ1) is 8.69. The van der Waals surface area contributed by atoms with Crippen LogP contribution >= 0.6 is 0 Å². The summed E-state index contributed by atoms with van der Waals surface area (Å²) in [5, 5.41) is 0. The third kappa shape index (κ3) is 1.84. The first kappa shape index (κ1) is 13.1. The van der Waals surface area contributed by atoms with Gasteiger partial charge in [0, 0.05) is 5.92 Å². The summed E-state index contributed by atoms with van der Waals surface area (Å²) < 4.78 is 9.71. The number of hydrogen-bond acceptors (Lipinski definition) is 4. The molecule has 0 radical (unpaired) electrons. The van der Waals surface area contributed by atoms with E-state index < -0.39 is 17.4 Å². The molecule has 2 aliphatic rings. The van der Waals surface area contributed by atoms with E-state index in [1.165, 1.54) is 20.0 Å². The topological polar surface area (TPSA) is 52.6 Å². The Hall–Kier alpha value is -1.32. The molecule has 4 nitrogen and oxygen atoms in total. The van der Waals surface area contributed by atoms with Gasteiger partial charge in [0.05, 0.1) is 13.7 Å². The van der Waals surface area contributed by atoms with Crippen LogP contribution in [0.25, 0.3) is 0 Å². The van der Waals surface area contributed by atoms with E-state index in [1.54, 1.807) is 0 Å². The lowest BCUT2D eigenvalue weighted by atomic mass is 10.0. The molecule has 2 rings (SSSR count). The maximum Gasteiger partial charge on any atom is 0.324 e. The first-order valence-corrected chi connectivity index (χ1v) is 6.60. The second-order valence-electron chi connectivity index (χ2n) is 5.02. The molecule has 0 bridgehead atoms. The number of carbonyl (C=O) groups is 2. The predicted molar refractivity (Wildman–Crippen MR) is 65.7 cm³/mol. The van der Waals surface area contributed by atoms with Crippen LogP contribution in [0.1, 0.15) is 32.6 Å². The van der Waals surface area contributed by atoms with Crippen LogP contribution in [0.4, 0.5) is 0 Å². The minimum absolute atomic E-state index is 0.0216. The van der Waals surface area contributed by atoms with Crippen molar-refractivity contribution in [3.05, 3.63) is 12.2 Å². The molecule has 3 atom stereocenters. The zero-order valence-corrected chi connectivity index (χ0v) is 11.0. The van der Waals surface area contributed by atoms with Crippen LogP contribution < -0.4 is 0 Å². The summed E-state index contributed by atoms with van der Waals surface area (Å²) in [5.41, 5.74) is -0.982. The maximum absolute atomic E-state index is 11.8. The molecule has 0 N–H and O–H groups in total. The van der Waals surface area contributed by atoms with E-state index in [9.17, 15) is 9.59 Å². The van der Waals surface area contributed by atoms with Crippen LogP contribution in [0.15, 0.2) is 12.2 Å². The molecule has 1 saturated heterocycles. The van der Waals surface area contributed by atoms with E-state index in [2.05, 4.69) is 19.1 Å². The highest BCUT2D eigenvalue weighted by molar-refractivity contribution is 6.06. The number of cyclic esters (lactones) is 1.